The third-order valence-electron chi connectivity index (χ3n) is 4.89. The third kappa shape index (κ3) is 3.73. The first kappa shape index (κ1) is 18.1. The highest BCUT2D eigenvalue weighted by Crippen LogP contribution is 2.35. The number of benzene rings is 1. The number of carbonyl (C=O) groups excluding carboxylic acids is 1. The molecule has 1 aliphatic rings. The molecule has 1 aromatic carbocycles. The van der Waals surface area contributed by atoms with E-state index in [2.05, 4.69) is 16.0 Å². The molecular formula is C22H21N3O3. The summed E-state index contributed by atoms with van der Waals surface area (Å²) in [5, 5.41) is 9.51. The number of aliphatic hydroxyl groups is 1. The molecule has 142 valence electrons. The largest absolute Gasteiger partial charge is 0.437 e. The van der Waals surface area contributed by atoms with Gasteiger partial charge in [-0.15, -0.1) is 0 Å². The summed E-state index contributed by atoms with van der Waals surface area (Å²) in [6.07, 6.45) is 6.72. The molecule has 1 amide bonds. The molecule has 1 aliphatic heterocycles. The summed E-state index contributed by atoms with van der Waals surface area (Å²) in [6, 6.07) is 15.2. The normalized spacial score (nSPS) is 16.2. The molecule has 3 aromatic rings. The molecule has 1 N–H and O–H groups in total. The van der Waals surface area contributed by atoms with E-state index in [-0.39, 0.29) is 11.9 Å². The van der Waals surface area contributed by atoms with Crippen molar-refractivity contribution in [1.82, 2.24) is 14.9 Å². The minimum Gasteiger partial charge on any atom is -0.437 e. The second-order valence-electron chi connectivity index (χ2n) is 6.67. The Morgan fingerprint density at radius 1 is 1.18 bits per heavy atom. The molecular weight excluding hydrogens is 354 g/mol. The molecule has 0 saturated carbocycles. The van der Waals surface area contributed by atoms with Crippen molar-refractivity contribution in [3.63, 3.8) is 0 Å². The number of fused-ring (bicyclic) bond motifs is 1. The molecule has 6 nitrogen and oxygen atoms in total. The highest BCUT2D eigenvalue weighted by Gasteiger charge is 2.30. The minimum absolute atomic E-state index is 0.284. The first-order valence-electron chi connectivity index (χ1n) is 9.28. The monoisotopic (exact) mass is 375 g/mol. The average Bonchev–Trinajstić information content (AvgIpc) is 2.94. The van der Waals surface area contributed by atoms with Crippen molar-refractivity contribution >= 4 is 5.91 Å². The number of hydrogen-bond donors (Lipinski definition) is 1. The van der Waals surface area contributed by atoms with E-state index >= 15 is 0 Å². The van der Waals surface area contributed by atoms with Gasteiger partial charge in [0.1, 0.15) is 12.4 Å². The van der Waals surface area contributed by atoms with E-state index in [9.17, 15) is 9.90 Å². The second-order valence-corrected chi connectivity index (χ2v) is 6.67. The molecule has 2 aromatic heterocycles. The van der Waals surface area contributed by atoms with E-state index in [0.717, 1.165) is 24.0 Å². The maximum Gasteiger partial charge on any atom is 0.249 e. The first-order valence-corrected chi connectivity index (χ1v) is 9.28. The number of aromatic nitrogens is 2. The van der Waals surface area contributed by atoms with E-state index in [1.165, 1.54) is 5.56 Å². The Bertz CT molecular complexity index is 962. The summed E-state index contributed by atoms with van der Waals surface area (Å²) >= 11 is 0. The Hall–Kier alpha value is -3.25. The smallest absolute Gasteiger partial charge is 0.249 e. The van der Waals surface area contributed by atoms with E-state index in [1.54, 1.807) is 29.6 Å². The van der Waals surface area contributed by atoms with Crippen LogP contribution < -0.4 is 4.74 Å². The summed E-state index contributed by atoms with van der Waals surface area (Å²) in [4.78, 5) is 22.6. The fourth-order valence-corrected chi connectivity index (χ4v) is 3.66. The van der Waals surface area contributed by atoms with Crippen molar-refractivity contribution in [3.05, 3.63) is 83.8 Å². The molecule has 6 heteroatoms. The third-order valence-corrected chi connectivity index (χ3v) is 4.89. The van der Waals surface area contributed by atoms with E-state index in [0.29, 0.717) is 18.2 Å². The highest BCUT2D eigenvalue weighted by atomic mass is 16.5. The molecule has 0 aliphatic carbocycles. The number of rotatable bonds is 4. The van der Waals surface area contributed by atoms with Crippen LogP contribution in [-0.2, 0) is 11.2 Å². The fourth-order valence-electron chi connectivity index (χ4n) is 3.66. The minimum atomic E-state index is -0.511. The molecule has 0 spiro atoms. The SMILES string of the molecule is O=C(CO)N1CCCc2ccccc2C1c1ccnc(Oc2cccnc2)c1. The molecule has 0 fully saturated rings. The molecule has 28 heavy (non-hydrogen) atoms. The van der Waals surface area contributed by atoms with Crippen molar-refractivity contribution < 1.29 is 14.6 Å². The standard InChI is InChI=1S/C22H21N3O3/c26-15-21(27)25-12-4-6-16-5-1-2-8-19(16)22(25)17-9-11-24-20(13-17)28-18-7-3-10-23-14-18/h1-3,5,7-11,13-14,22,26H,4,6,12,15H2. The Balaban J connectivity index is 1.75. The molecule has 0 radical (unpaired) electrons. The number of carbonyl (C=O) groups is 1. The summed E-state index contributed by atoms with van der Waals surface area (Å²) < 4.78 is 5.82. The maximum atomic E-state index is 12.5. The van der Waals surface area contributed by atoms with Gasteiger partial charge in [-0.2, -0.15) is 0 Å². The number of aliphatic hydroxyl groups excluding tert-OH is 1. The first-order chi connectivity index (χ1) is 13.8. The van der Waals surface area contributed by atoms with Crippen molar-refractivity contribution in [2.45, 2.75) is 18.9 Å². The van der Waals surface area contributed by atoms with Crippen LogP contribution in [0.5, 0.6) is 11.6 Å². The van der Waals surface area contributed by atoms with E-state index in [4.69, 9.17) is 4.74 Å². The van der Waals surface area contributed by atoms with Crippen molar-refractivity contribution in [2.75, 3.05) is 13.2 Å². The maximum absolute atomic E-state index is 12.5. The Kier molecular flexibility index (Phi) is 5.30. The molecule has 4 rings (SSSR count). The lowest BCUT2D eigenvalue weighted by molar-refractivity contribution is -0.135. The number of pyridine rings is 2. The van der Waals surface area contributed by atoms with Crippen molar-refractivity contribution in [1.29, 1.82) is 0 Å². The van der Waals surface area contributed by atoms with Crippen molar-refractivity contribution in [2.24, 2.45) is 0 Å². The van der Waals surface area contributed by atoms with E-state index in [1.807, 2.05) is 36.4 Å². The molecule has 0 saturated heterocycles. The summed E-state index contributed by atoms with van der Waals surface area (Å²) in [5.74, 6) is 0.744. The summed E-state index contributed by atoms with van der Waals surface area (Å²) in [5.41, 5.74) is 3.18. The zero-order valence-electron chi connectivity index (χ0n) is 15.4. The van der Waals surface area contributed by atoms with Crippen LogP contribution in [0.25, 0.3) is 0 Å². The van der Waals surface area contributed by atoms with Crippen LogP contribution in [0.1, 0.15) is 29.2 Å². The van der Waals surface area contributed by atoms with Crippen molar-refractivity contribution in [3.8, 4) is 11.6 Å². The average molecular weight is 375 g/mol. The van der Waals surface area contributed by atoms with Gasteiger partial charge in [0.2, 0.25) is 11.8 Å². The van der Waals surface area contributed by atoms with Gasteiger partial charge in [-0.05, 0) is 47.7 Å². The van der Waals surface area contributed by atoms with Gasteiger partial charge in [0.05, 0.1) is 12.2 Å². The highest BCUT2D eigenvalue weighted by molar-refractivity contribution is 5.78. The van der Waals surface area contributed by atoms with Gasteiger partial charge < -0.3 is 14.7 Å². The number of aryl methyl sites for hydroxylation is 1. The van der Waals surface area contributed by atoms with Gasteiger partial charge in [-0.3, -0.25) is 9.78 Å². The van der Waals surface area contributed by atoms with Gasteiger partial charge in [0.25, 0.3) is 0 Å². The number of hydrogen-bond acceptors (Lipinski definition) is 5. The zero-order valence-corrected chi connectivity index (χ0v) is 15.4. The van der Waals surface area contributed by atoms with Gasteiger partial charge >= 0.3 is 0 Å². The predicted molar refractivity (Wildman–Crippen MR) is 104 cm³/mol. The predicted octanol–water partition coefficient (Wildman–Crippen LogP) is 3.13. The summed E-state index contributed by atoms with van der Waals surface area (Å²) in [6.45, 7) is 0.0721. The fraction of sp³-hybridized carbons (Fsp3) is 0.227. The van der Waals surface area contributed by atoms with Crippen LogP contribution >= 0.6 is 0 Å². The number of nitrogens with zero attached hydrogens (tertiary/aromatic N) is 3. The van der Waals surface area contributed by atoms with Crippen LogP contribution in [0.15, 0.2) is 67.1 Å². The van der Waals surface area contributed by atoms with Gasteiger partial charge in [-0.1, -0.05) is 24.3 Å². The molecule has 1 atom stereocenters. The van der Waals surface area contributed by atoms with Gasteiger partial charge in [0, 0.05) is 25.0 Å². The zero-order chi connectivity index (χ0) is 19.3. The lowest BCUT2D eigenvalue weighted by Gasteiger charge is -2.31. The summed E-state index contributed by atoms with van der Waals surface area (Å²) in [7, 11) is 0. The number of ether oxygens (including phenoxy) is 1. The Labute approximate surface area is 163 Å². The van der Waals surface area contributed by atoms with Crippen LogP contribution in [0, 0.1) is 0 Å². The van der Waals surface area contributed by atoms with Crippen LogP contribution in [0.4, 0.5) is 0 Å². The Morgan fingerprint density at radius 3 is 2.89 bits per heavy atom. The van der Waals surface area contributed by atoms with E-state index < -0.39 is 6.61 Å². The molecule has 3 heterocycles. The van der Waals surface area contributed by atoms with Gasteiger partial charge in [0.15, 0.2) is 0 Å². The van der Waals surface area contributed by atoms with Gasteiger partial charge in [-0.25, -0.2) is 4.98 Å². The van der Waals surface area contributed by atoms with Crippen LogP contribution in [0.3, 0.4) is 0 Å². The molecule has 0 bridgehead atoms. The quantitative estimate of drug-likeness (QED) is 0.758. The van der Waals surface area contributed by atoms with Crippen LogP contribution in [0.2, 0.25) is 0 Å². The lowest BCUT2D eigenvalue weighted by atomic mass is 9.93. The lowest BCUT2D eigenvalue weighted by Crippen LogP contribution is -2.37. The topological polar surface area (TPSA) is 75.5 Å². The Morgan fingerprint density at radius 2 is 2.07 bits per heavy atom. The second kappa shape index (κ2) is 8.19. The number of amides is 1. The van der Waals surface area contributed by atoms with Crippen LogP contribution in [-0.4, -0.2) is 39.0 Å². The molecule has 1 unspecified atom stereocenters.